The molecular weight excluding hydrogens is 474 g/mol. The van der Waals surface area contributed by atoms with Crippen molar-refractivity contribution < 1.29 is 23.4 Å². The zero-order valence-electron chi connectivity index (χ0n) is 20.4. The van der Waals surface area contributed by atoms with Crippen molar-refractivity contribution in [3.05, 3.63) is 107 Å². The number of nitrogens with zero attached hydrogens (tertiary/aromatic N) is 1. The van der Waals surface area contributed by atoms with Crippen LogP contribution in [0.5, 0.6) is 5.75 Å². The lowest BCUT2D eigenvalue weighted by Crippen LogP contribution is -2.28. The van der Waals surface area contributed by atoms with Crippen LogP contribution in [0.2, 0.25) is 0 Å². The molecule has 4 aromatic rings. The van der Waals surface area contributed by atoms with Crippen molar-refractivity contribution in [2.45, 2.75) is 38.3 Å². The molecule has 0 spiro atoms. The predicted octanol–water partition coefficient (Wildman–Crippen LogP) is 6.75. The fourth-order valence-corrected chi connectivity index (χ4v) is 4.06. The van der Waals surface area contributed by atoms with E-state index >= 15 is 0 Å². The van der Waals surface area contributed by atoms with Gasteiger partial charge in [0, 0.05) is 17.0 Å². The van der Waals surface area contributed by atoms with E-state index in [1.54, 1.807) is 30.3 Å². The quantitative estimate of drug-likeness (QED) is 0.250. The van der Waals surface area contributed by atoms with Crippen LogP contribution in [0.15, 0.2) is 72.8 Å². The fourth-order valence-electron chi connectivity index (χ4n) is 4.06. The van der Waals surface area contributed by atoms with Gasteiger partial charge in [-0.2, -0.15) is 0 Å². The summed E-state index contributed by atoms with van der Waals surface area (Å²) in [4.78, 5) is 16.1. The fraction of sp³-hybridized carbons (Fsp3) is 0.200. The van der Waals surface area contributed by atoms with Crippen molar-refractivity contribution in [3.8, 4) is 5.75 Å². The van der Waals surface area contributed by atoms with Crippen LogP contribution in [0.25, 0.3) is 23.1 Å². The zero-order valence-corrected chi connectivity index (χ0v) is 20.4. The van der Waals surface area contributed by atoms with Gasteiger partial charge < -0.3 is 15.6 Å². The van der Waals surface area contributed by atoms with Crippen molar-refractivity contribution in [3.63, 3.8) is 0 Å². The van der Waals surface area contributed by atoms with Crippen LogP contribution in [-0.4, -0.2) is 22.2 Å². The van der Waals surface area contributed by atoms with Crippen LogP contribution in [-0.2, 0) is 4.79 Å². The lowest BCUT2D eigenvalue weighted by atomic mass is 9.97. The summed E-state index contributed by atoms with van der Waals surface area (Å²) < 4.78 is 32.9. The number of fused-ring (bicyclic) bond motifs is 1. The molecule has 5 nitrogen and oxygen atoms in total. The van der Waals surface area contributed by atoms with Gasteiger partial charge in [-0.25, -0.2) is 18.6 Å². The van der Waals surface area contributed by atoms with Crippen molar-refractivity contribution in [2.75, 3.05) is 0 Å². The van der Waals surface area contributed by atoms with E-state index in [1.165, 1.54) is 0 Å². The van der Waals surface area contributed by atoms with E-state index in [9.17, 15) is 18.7 Å². The predicted molar refractivity (Wildman–Crippen MR) is 141 cm³/mol. The highest BCUT2D eigenvalue weighted by molar-refractivity contribution is 5.81. The van der Waals surface area contributed by atoms with E-state index in [-0.39, 0.29) is 0 Å². The highest BCUT2D eigenvalue weighted by atomic mass is 19.2. The first-order valence-electron chi connectivity index (χ1n) is 12.1. The highest BCUT2D eigenvalue weighted by Crippen LogP contribution is 2.30. The Labute approximate surface area is 214 Å². The van der Waals surface area contributed by atoms with Gasteiger partial charge in [0.15, 0.2) is 17.7 Å². The monoisotopic (exact) mass is 502 g/mol. The van der Waals surface area contributed by atoms with Gasteiger partial charge in [-0.1, -0.05) is 61.9 Å². The summed E-state index contributed by atoms with van der Waals surface area (Å²) in [6.45, 7) is 2.00. The number of para-hydroxylation sites is 1. The number of nitrogens with two attached hydrogens (primary N) is 1. The average Bonchev–Trinajstić information content (AvgIpc) is 2.90. The van der Waals surface area contributed by atoms with E-state index in [0.29, 0.717) is 34.3 Å². The molecule has 0 aliphatic carbocycles. The topological polar surface area (TPSA) is 85.4 Å². The minimum Gasteiger partial charge on any atom is -0.479 e. The minimum absolute atomic E-state index is 0.368. The first kappa shape index (κ1) is 26.0. The molecule has 0 aliphatic rings. The van der Waals surface area contributed by atoms with Crippen LogP contribution in [0.1, 0.15) is 54.6 Å². The molecule has 1 heterocycles. The normalized spacial score (nSPS) is 13.1. The van der Waals surface area contributed by atoms with Crippen LogP contribution in [0, 0.1) is 11.6 Å². The van der Waals surface area contributed by atoms with Gasteiger partial charge in [0.2, 0.25) is 0 Å². The summed E-state index contributed by atoms with van der Waals surface area (Å²) in [6.07, 6.45) is 4.74. The van der Waals surface area contributed by atoms with Crippen molar-refractivity contribution in [1.29, 1.82) is 0 Å². The second kappa shape index (κ2) is 11.8. The van der Waals surface area contributed by atoms with Crippen LogP contribution >= 0.6 is 0 Å². The van der Waals surface area contributed by atoms with Crippen LogP contribution < -0.4 is 10.5 Å². The number of pyridine rings is 1. The van der Waals surface area contributed by atoms with E-state index in [1.807, 2.05) is 49.4 Å². The van der Waals surface area contributed by atoms with Gasteiger partial charge in [0.05, 0.1) is 17.3 Å². The maximum absolute atomic E-state index is 13.6. The molecule has 0 amide bonds. The van der Waals surface area contributed by atoms with E-state index in [4.69, 9.17) is 10.5 Å². The number of rotatable bonds is 10. The third kappa shape index (κ3) is 6.37. The number of aromatic nitrogens is 1. The molecule has 0 saturated heterocycles. The Bertz CT molecular complexity index is 1440. The smallest absolute Gasteiger partial charge is 0.344 e. The Kier molecular flexibility index (Phi) is 8.25. The molecule has 3 aromatic carbocycles. The van der Waals surface area contributed by atoms with E-state index in [0.717, 1.165) is 36.1 Å². The van der Waals surface area contributed by atoms with Gasteiger partial charge in [-0.05, 0) is 54.3 Å². The Morgan fingerprint density at radius 2 is 1.81 bits per heavy atom. The summed E-state index contributed by atoms with van der Waals surface area (Å²) in [6, 6.07) is 19.9. The Hall–Kier alpha value is -4.10. The van der Waals surface area contributed by atoms with Gasteiger partial charge in [-0.15, -0.1) is 0 Å². The Morgan fingerprint density at radius 1 is 1.03 bits per heavy atom. The number of halogens is 2. The minimum atomic E-state index is -1.00. The third-order valence-corrected chi connectivity index (χ3v) is 6.09. The maximum Gasteiger partial charge on any atom is 0.344 e. The second-order valence-corrected chi connectivity index (χ2v) is 8.80. The van der Waals surface area contributed by atoms with Gasteiger partial charge in [0.1, 0.15) is 5.75 Å². The van der Waals surface area contributed by atoms with Crippen molar-refractivity contribution >= 4 is 29.0 Å². The first-order chi connectivity index (χ1) is 17.9. The number of ether oxygens (including phenoxy) is 1. The van der Waals surface area contributed by atoms with E-state index < -0.39 is 29.7 Å². The molecule has 0 fully saturated rings. The molecule has 7 heteroatoms. The number of carbonyl (C=O) groups is 1. The molecule has 37 heavy (non-hydrogen) atoms. The number of hydrogen-bond donors (Lipinski definition) is 2. The van der Waals surface area contributed by atoms with Gasteiger partial charge in [0.25, 0.3) is 0 Å². The number of carboxylic acids is 1. The highest BCUT2D eigenvalue weighted by Gasteiger charge is 2.22. The molecule has 2 atom stereocenters. The van der Waals surface area contributed by atoms with E-state index in [2.05, 4.69) is 4.98 Å². The van der Waals surface area contributed by atoms with Crippen LogP contribution in [0.3, 0.4) is 0 Å². The number of benzene rings is 3. The Morgan fingerprint density at radius 3 is 2.59 bits per heavy atom. The molecule has 190 valence electrons. The lowest BCUT2D eigenvalue weighted by molar-refractivity contribution is -0.145. The number of aliphatic carboxylic acids is 1. The lowest BCUT2D eigenvalue weighted by Gasteiger charge is -2.21. The molecule has 0 saturated carbocycles. The molecule has 0 radical (unpaired) electrons. The third-order valence-electron chi connectivity index (χ3n) is 6.09. The van der Waals surface area contributed by atoms with Crippen LogP contribution in [0.4, 0.5) is 8.78 Å². The molecule has 1 aromatic heterocycles. The molecule has 3 N–H and O–H groups in total. The summed E-state index contributed by atoms with van der Waals surface area (Å²) in [5, 5.41) is 10.1. The average molecular weight is 503 g/mol. The molecule has 0 aliphatic heterocycles. The van der Waals surface area contributed by atoms with Crippen molar-refractivity contribution in [2.24, 2.45) is 5.73 Å². The molecule has 4 rings (SSSR count). The SMILES string of the molecule is CCCCC(Oc1ccccc1C(N)c1cccc(C=Cc2ccc3cc(F)c(F)cc3n2)c1)C(=O)O. The van der Waals surface area contributed by atoms with Gasteiger partial charge in [-0.3, -0.25) is 0 Å². The number of carboxylic acid groups (broad SMARTS) is 1. The van der Waals surface area contributed by atoms with Gasteiger partial charge >= 0.3 is 5.97 Å². The molecule has 0 bridgehead atoms. The largest absolute Gasteiger partial charge is 0.479 e. The molecular formula is C30H28F2N2O3. The summed E-state index contributed by atoms with van der Waals surface area (Å²) in [7, 11) is 0. The second-order valence-electron chi connectivity index (χ2n) is 8.80. The first-order valence-corrected chi connectivity index (χ1v) is 12.1. The zero-order chi connectivity index (χ0) is 26.4. The summed E-state index contributed by atoms with van der Waals surface area (Å²) in [5.74, 6) is -2.40. The number of unbranched alkanes of at least 4 members (excludes halogenated alkanes) is 1. The maximum atomic E-state index is 13.6. The summed E-state index contributed by atoms with van der Waals surface area (Å²) >= 11 is 0. The van der Waals surface area contributed by atoms with Crippen molar-refractivity contribution in [1.82, 2.24) is 4.98 Å². The standard InChI is InChI=1S/C30H28F2N2O3/c1-2-3-10-28(30(35)36)37-27-11-5-4-9-23(27)29(33)21-8-6-7-19(16-21)12-14-22-15-13-20-17-24(31)25(32)18-26(20)34-22/h4-9,11-18,28-29H,2-3,10,33H2,1H3,(H,35,36). The number of hydrogen-bond acceptors (Lipinski definition) is 4. The molecule has 2 unspecified atom stereocenters. The summed E-state index contributed by atoms with van der Waals surface area (Å²) in [5.41, 5.74) is 9.95. The Balaban J connectivity index is 1.56.